The van der Waals surface area contributed by atoms with Gasteiger partial charge in [0.05, 0.1) is 26.2 Å². The lowest BCUT2D eigenvalue weighted by molar-refractivity contribution is -0.140. The third-order valence-electron chi connectivity index (χ3n) is 3.86. The number of hydrogen-bond donors (Lipinski definition) is 1. The molecular weight excluding hydrogens is 335 g/mol. The highest BCUT2D eigenvalue weighted by molar-refractivity contribution is 5.79. The first-order valence-corrected chi connectivity index (χ1v) is 7.45. The highest BCUT2D eigenvalue weighted by Crippen LogP contribution is 2.37. The molecule has 0 amide bonds. The average molecular weight is 353 g/mol. The third kappa shape index (κ3) is 4.11. The Morgan fingerprint density at radius 3 is 2.20 bits per heavy atom. The minimum Gasteiger partial charge on any atom is -0.496 e. The molecule has 0 aliphatic rings. The van der Waals surface area contributed by atoms with Crippen molar-refractivity contribution in [2.45, 2.75) is 19.1 Å². The van der Waals surface area contributed by atoms with Crippen molar-refractivity contribution in [3.05, 3.63) is 53.1 Å². The van der Waals surface area contributed by atoms with E-state index in [1.54, 1.807) is 12.1 Å². The quantitative estimate of drug-likeness (QED) is 0.835. The van der Waals surface area contributed by atoms with Crippen molar-refractivity contribution in [1.29, 1.82) is 0 Å². The van der Waals surface area contributed by atoms with Crippen LogP contribution in [0.5, 0.6) is 5.75 Å². The molecule has 134 valence electrons. The maximum atomic E-state index is 12.8. The summed E-state index contributed by atoms with van der Waals surface area (Å²) in [6.07, 6.45) is -4.40. The number of rotatable bonds is 5. The average Bonchev–Trinajstić information content (AvgIpc) is 2.60. The van der Waals surface area contributed by atoms with Crippen LogP contribution in [0.1, 0.15) is 16.7 Å². The van der Waals surface area contributed by atoms with Gasteiger partial charge in [0, 0.05) is 12.1 Å². The third-order valence-corrected chi connectivity index (χ3v) is 3.86. The largest absolute Gasteiger partial charge is 0.496 e. The fraction of sp³-hybridized carbons (Fsp3) is 0.278. The molecule has 0 heterocycles. The molecule has 4 nitrogen and oxygen atoms in total. The first-order valence-electron chi connectivity index (χ1n) is 7.45. The molecule has 0 aliphatic carbocycles. The SMILES string of the molecule is COC(=O)Cc1ccc(OC)c(-c2ccc(C(F)(F)F)cc2)c1CN. The van der Waals surface area contributed by atoms with E-state index in [2.05, 4.69) is 4.74 Å². The van der Waals surface area contributed by atoms with Crippen LogP contribution in [-0.4, -0.2) is 20.2 Å². The smallest absolute Gasteiger partial charge is 0.416 e. The second-order valence-corrected chi connectivity index (χ2v) is 5.31. The molecule has 2 aromatic rings. The van der Waals surface area contributed by atoms with Crippen LogP contribution in [0.4, 0.5) is 13.2 Å². The maximum absolute atomic E-state index is 12.8. The van der Waals surface area contributed by atoms with E-state index in [-0.39, 0.29) is 13.0 Å². The molecule has 0 bridgehead atoms. The van der Waals surface area contributed by atoms with Gasteiger partial charge in [-0.25, -0.2) is 0 Å². The minimum atomic E-state index is -4.41. The van der Waals surface area contributed by atoms with Crippen LogP contribution in [0, 0.1) is 0 Å². The Labute approximate surface area is 143 Å². The van der Waals surface area contributed by atoms with Crippen LogP contribution in [0.25, 0.3) is 11.1 Å². The fourth-order valence-corrected chi connectivity index (χ4v) is 2.61. The van der Waals surface area contributed by atoms with Gasteiger partial charge >= 0.3 is 12.1 Å². The Morgan fingerprint density at radius 2 is 1.72 bits per heavy atom. The number of esters is 1. The van der Waals surface area contributed by atoms with E-state index in [1.165, 1.54) is 26.4 Å². The second kappa shape index (κ2) is 7.57. The summed E-state index contributed by atoms with van der Waals surface area (Å²) in [7, 11) is 2.74. The van der Waals surface area contributed by atoms with Crippen molar-refractivity contribution in [3.8, 4) is 16.9 Å². The van der Waals surface area contributed by atoms with Gasteiger partial charge in [0.25, 0.3) is 0 Å². The van der Waals surface area contributed by atoms with Gasteiger partial charge in [0.2, 0.25) is 0 Å². The summed E-state index contributed by atoms with van der Waals surface area (Å²) in [6, 6.07) is 8.09. The predicted octanol–water partition coefficient (Wildman–Crippen LogP) is 3.56. The number of nitrogens with two attached hydrogens (primary N) is 1. The predicted molar refractivity (Wildman–Crippen MR) is 87.0 cm³/mol. The molecule has 0 radical (unpaired) electrons. The van der Waals surface area contributed by atoms with Gasteiger partial charge in [-0.2, -0.15) is 13.2 Å². The monoisotopic (exact) mass is 353 g/mol. The topological polar surface area (TPSA) is 61.5 Å². The standard InChI is InChI=1S/C18H18F3NO3/c1-24-15-8-5-12(9-16(23)25-2)14(10-22)17(15)11-3-6-13(7-4-11)18(19,20)21/h3-8H,9-10,22H2,1-2H3. The van der Waals surface area contributed by atoms with Crippen molar-refractivity contribution >= 4 is 5.97 Å². The highest BCUT2D eigenvalue weighted by atomic mass is 19.4. The Kier molecular flexibility index (Phi) is 5.69. The number of hydrogen-bond acceptors (Lipinski definition) is 4. The van der Waals surface area contributed by atoms with Crippen LogP contribution in [0.3, 0.4) is 0 Å². The molecule has 0 aromatic heterocycles. The van der Waals surface area contributed by atoms with E-state index in [0.29, 0.717) is 28.0 Å². The summed E-state index contributed by atoms with van der Waals surface area (Å²) in [5.41, 5.74) is 7.47. The maximum Gasteiger partial charge on any atom is 0.416 e. The van der Waals surface area contributed by atoms with Crippen molar-refractivity contribution in [3.63, 3.8) is 0 Å². The minimum absolute atomic E-state index is 0.0145. The zero-order valence-corrected chi connectivity index (χ0v) is 13.8. The zero-order chi connectivity index (χ0) is 18.6. The molecule has 2 N–H and O–H groups in total. The first kappa shape index (κ1) is 18.8. The molecule has 0 saturated heterocycles. The number of methoxy groups -OCH3 is 2. The van der Waals surface area contributed by atoms with Gasteiger partial charge in [-0.3, -0.25) is 4.79 Å². The molecule has 25 heavy (non-hydrogen) atoms. The van der Waals surface area contributed by atoms with Gasteiger partial charge in [-0.15, -0.1) is 0 Å². The van der Waals surface area contributed by atoms with Gasteiger partial charge in [-0.05, 0) is 34.9 Å². The van der Waals surface area contributed by atoms with Crippen LogP contribution < -0.4 is 10.5 Å². The number of halogens is 3. The van der Waals surface area contributed by atoms with Gasteiger partial charge in [-0.1, -0.05) is 18.2 Å². The fourth-order valence-electron chi connectivity index (χ4n) is 2.61. The van der Waals surface area contributed by atoms with Gasteiger partial charge < -0.3 is 15.2 Å². The number of benzene rings is 2. The number of ether oxygens (including phenoxy) is 2. The lowest BCUT2D eigenvalue weighted by atomic mass is 9.92. The van der Waals surface area contributed by atoms with E-state index >= 15 is 0 Å². The second-order valence-electron chi connectivity index (χ2n) is 5.31. The Balaban J connectivity index is 2.57. The van der Waals surface area contributed by atoms with Crippen LogP contribution in [0.15, 0.2) is 36.4 Å². The van der Waals surface area contributed by atoms with Crippen molar-refractivity contribution < 1.29 is 27.4 Å². The molecule has 0 atom stereocenters. The van der Waals surface area contributed by atoms with E-state index in [1.807, 2.05) is 0 Å². The van der Waals surface area contributed by atoms with E-state index < -0.39 is 17.7 Å². The normalized spacial score (nSPS) is 11.3. The Morgan fingerprint density at radius 1 is 1.08 bits per heavy atom. The van der Waals surface area contributed by atoms with Crippen molar-refractivity contribution in [2.75, 3.05) is 14.2 Å². The van der Waals surface area contributed by atoms with Crippen LogP contribution in [0.2, 0.25) is 0 Å². The molecule has 0 aliphatic heterocycles. The van der Waals surface area contributed by atoms with E-state index in [9.17, 15) is 18.0 Å². The van der Waals surface area contributed by atoms with Gasteiger partial charge in [0.1, 0.15) is 5.75 Å². The summed E-state index contributed by atoms with van der Waals surface area (Å²) >= 11 is 0. The molecule has 2 rings (SSSR count). The van der Waals surface area contributed by atoms with Gasteiger partial charge in [0.15, 0.2) is 0 Å². The molecule has 2 aromatic carbocycles. The van der Waals surface area contributed by atoms with Crippen LogP contribution >= 0.6 is 0 Å². The Hall–Kier alpha value is -2.54. The zero-order valence-electron chi connectivity index (χ0n) is 13.8. The highest BCUT2D eigenvalue weighted by Gasteiger charge is 2.30. The lowest BCUT2D eigenvalue weighted by Gasteiger charge is -2.17. The first-order chi connectivity index (χ1) is 11.8. The summed E-state index contributed by atoms with van der Waals surface area (Å²) in [5.74, 6) is 0.0343. The van der Waals surface area contributed by atoms with Crippen molar-refractivity contribution in [2.24, 2.45) is 5.73 Å². The number of carbonyl (C=O) groups is 1. The summed E-state index contributed by atoms with van der Waals surface area (Å²) in [4.78, 5) is 11.6. The number of alkyl halides is 3. The molecule has 0 spiro atoms. The van der Waals surface area contributed by atoms with E-state index in [0.717, 1.165) is 12.1 Å². The molecule has 0 unspecified atom stereocenters. The van der Waals surface area contributed by atoms with Crippen LogP contribution in [-0.2, 0) is 28.7 Å². The van der Waals surface area contributed by atoms with E-state index in [4.69, 9.17) is 10.5 Å². The lowest BCUT2D eigenvalue weighted by Crippen LogP contribution is -2.11. The summed E-state index contributed by atoms with van der Waals surface area (Å²) in [6.45, 7) is 0.0971. The number of carbonyl (C=O) groups excluding carboxylic acids is 1. The summed E-state index contributed by atoms with van der Waals surface area (Å²) < 4.78 is 48.3. The molecule has 0 saturated carbocycles. The Bertz CT molecular complexity index is 755. The molecule has 0 fully saturated rings. The summed E-state index contributed by atoms with van der Waals surface area (Å²) in [5, 5.41) is 0. The molecule has 7 heteroatoms. The van der Waals surface area contributed by atoms with Crippen molar-refractivity contribution in [1.82, 2.24) is 0 Å². The molecular formula is C18H18F3NO3.